The first-order chi connectivity index (χ1) is 11.2. The Morgan fingerprint density at radius 3 is 1.87 bits per heavy atom. The van der Waals surface area contributed by atoms with Crippen molar-refractivity contribution in [2.45, 2.75) is 39.4 Å². The van der Waals surface area contributed by atoms with Gasteiger partial charge in [0.25, 0.3) is 0 Å². The van der Waals surface area contributed by atoms with Gasteiger partial charge in [-0.15, -0.1) is 0 Å². The quantitative estimate of drug-likeness (QED) is 0.676. The smallest absolute Gasteiger partial charge is 0.0236 e. The number of rotatable bonds is 9. The van der Waals surface area contributed by atoms with Crippen molar-refractivity contribution in [3.8, 4) is 0 Å². The van der Waals surface area contributed by atoms with Crippen LogP contribution in [0.15, 0.2) is 60.7 Å². The summed E-state index contributed by atoms with van der Waals surface area (Å²) >= 11 is 0. The van der Waals surface area contributed by atoms with E-state index in [9.17, 15) is 0 Å². The molecule has 1 unspecified atom stereocenters. The molecule has 2 aromatic rings. The van der Waals surface area contributed by atoms with E-state index in [4.69, 9.17) is 0 Å². The number of nitrogens with zero attached hydrogens (tertiary/aromatic N) is 2. The van der Waals surface area contributed by atoms with Crippen molar-refractivity contribution < 1.29 is 0 Å². The average Bonchev–Trinajstić information content (AvgIpc) is 2.59. The number of hydrogen-bond acceptors (Lipinski definition) is 2. The van der Waals surface area contributed by atoms with Gasteiger partial charge in [0.05, 0.1) is 0 Å². The van der Waals surface area contributed by atoms with Gasteiger partial charge in [0.2, 0.25) is 0 Å². The molecular weight excluding hydrogens is 280 g/mol. The Hall–Kier alpha value is -1.64. The fraction of sp³-hybridized carbons (Fsp3) is 0.429. The maximum Gasteiger partial charge on any atom is 0.0236 e. The normalized spacial score (nSPS) is 12.7. The monoisotopic (exact) mass is 310 g/mol. The standard InChI is InChI=1S/C21H30N2/c1-4-23(18-21-13-9-6-10-14-21)19(2)15-16-22(3)17-20-11-7-5-8-12-20/h5-14,19H,4,15-18H2,1-3H3. The lowest BCUT2D eigenvalue weighted by atomic mass is 10.1. The first-order valence-corrected chi connectivity index (χ1v) is 8.69. The molecule has 23 heavy (non-hydrogen) atoms. The molecule has 0 heterocycles. The van der Waals surface area contributed by atoms with Crippen molar-refractivity contribution in [3.05, 3.63) is 71.8 Å². The van der Waals surface area contributed by atoms with E-state index in [1.54, 1.807) is 0 Å². The average molecular weight is 310 g/mol. The summed E-state index contributed by atoms with van der Waals surface area (Å²) in [5, 5.41) is 0. The fourth-order valence-corrected chi connectivity index (χ4v) is 2.96. The lowest BCUT2D eigenvalue weighted by Gasteiger charge is -2.29. The van der Waals surface area contributed by atoms with Crippen LogP contribution in [0.25, 0.3) is 0 Å². The topological polar surface area (TPSA) is 6.48 Å². The van der Waals surface area contributed by atoms with Crippen LogP contribution in [0, 0.1) is 0 Å². The summed E-state index contributed by atoms with van der Waals surface area (Å²) in [6.45, 7) is 8.90. The second-order valence-electron chi connectivity index (χ2n) is 6.41. The molecule has 124 valence electrons. The Labute approximate surface area is 141 Å². The molecule has 0 aromatic heterocycles. The molecule has 2 heteroatoms. The van der Waals surface area contributed by atoms with Crippen molar-refractivity contribution in [3.63, 3.8) is 0 Å². The Morgan fingerprint density at radius 1 is 0.826 bits per heavy atom. The molecule has 0 fully saturated rings. The minimum absolute atomic E-state index is 0.596. The van der Waals surface area contributed by atoms with Crippen molar-refractivity contribution >= 4 is 0 Å². The van der Waals surface area contributed by atoms with Gasteiger partial charge in [-0.25, -0.2) is 0 Å². The fourth-order valence-electron chi connectivity index (χ4n) is 2.96. The highest BCUT2D eigenvalue weighted by molar-refractivity contribution is 5.15. The predicted octanol–water partition coefficient (Wildman–Crippen LogP) is 4.42. The van der Waals surface area contributed by atoms with Gasteiger partial charge in [-0.05, 0) is 44.6 Å². The maximum absolute atomic E-state index is 2.56. The summed E-state index contributed by atoms with van der Waals surface area (Å²) in [6.07, 6.45) is 1.20. The van der Waals surface area contributed by atoms with Gasteiger partial charge in [0, 0.05) is 19.1 Å². The third-order valence-corrected chi connectivity index (χ3v) is 4.48. The zero-order chi connectivity index (χ0) is 16.5. The molecule has 0 spiro atoms. The highest BCUT2D eigenvalue weighted by Crippen LogP contribution is 2.11. The summed E-state index contributed by atoms with van der Waals surface area (Å²) < 4.78 is 0. The molecule has 0 bridgehead atoms. The molecule has 2 rings (SSSR count). The highest BCUT2D eigenvalue weighted by Gasteiger charge is 2.13. The van der Waals surface area contributed by atoms with Crippen molar-refractivity contribution in [1.29, 1.82) is 0 Å². The molecule has 2 aromatic carbocycles. The second kappa shape index (κ2) is 9.49. The van der Waals surface area contributed by atoms with Gasteiger partial charge in [0.1, 0.15) is 0 Å². The zero-order valence-electron chi connectivity index (χ0n) is 14.8. The summed E-state index contributed by atoms with van der Waals surface area (Å²) in [5.41, 5.74) is 2.79. The van der Waals surface area contributed by atoms with E-state index in [1.165, 1.54) is 17.5 Å². The molecule has 1 atom stereocenters. The minimum atomic E-state index is 0.596. The zero-order valence-corrected chi connectivity index (χ0v) is 14.8. The van der Waals surface area contributed by atoms with Gasteiger partial charge in [-0.1, -0.05) is 67.6 Å². The molecule has 0 aliphatic heterocycles. The van der Waals surface area contributed by atoms with Gasteiger partial charge < -0.3 is 4.90 Å². The Bertz CT molecular complexity index is 538. The second-order valence-corrected chi connectivity index (χ2v) is 6.41. The van der Waals surface area contributed by atoms with Crippen LogP contribution in [-0.4, -0.2) is 36.0 Å². The van der Waals surface area contributed by atoms with E-state index < -0.39 is 0 Å². The van der Waals surface area contributed by atoms with Gasteiger partial charge >= 0.3 is 0 Å². The van der Waals surface area contributed by atoms with E-state index in [0.29, 0.717) is 6.04 Å². The molecule has 0 N–H and O–H groups in total. The van der Waals surface area contributed by atoms with Crippen LogP contribution in [0.2, 0.25) is 0 Å². The third kappa shape index (κ3) is 6.17. The van der Waals surface area contributed by atoms with Crippen molar-refractivity contribution in [2.24, 2.45) is 0 Å². The van der Waals surface area contributed by atoms with Gasteiger partial charge in [-0.2, -0.15) is 0 Å². The van der Waals surface area contributed by atoms with Crippen LogP contribution in [0.5, 0.6) is 0 Å². The molecule has 2 nitrogen and oxygen atoms in total. The summed E-state index contributed by atoms with van der Waals surface area (Å²) in [7, 11) is 2.22. The molecule has 0 amide bonds. The molecular formula is C21H30N2. The lowest BCUT2D eigenvalue weighted by Crippen LogP contribution is -2.35. The first kappa shape index (κ1) is 17.7. The predicted molar refractivity (Wildman–Crippen MR) is 99.4 cm³/mol. The van der Waals surface area contributed by atoms with Crippen LogP contribution in [0.3, 0.4) is 0 Å². The molecule has 0 radical (unpaired) electrons. The number of hydrogen-bond donors (Lipinski definition) is 0. The number of benzene rings is 2. The van der Waals surface area contributed by atoms with Crippen molar-refractivity contribution in [2.75, 3.05) is 20.1 Å². The van der Waals surface area contributed by atoms with Crippen LogP contribution >= 0.6 is 0 Å². The SMILES string of the molecule is CCN(Cc1ccccc1)C(C)CCN(C)Cc1ccccc1. The van der Waals surface area contributed by atoms with Crippen molar-refractivity contribution in [1.82, 2.24) is 9.80 Å². The summed E-state index contributed by atoms with van der Waals surface area (Å²) in [6, 6.07) is 22.1. The van der Waals surface area contributed by atoms with E-state index in [-0.39, 0.29) is 0 Å². The molecule has 0 saturated heterocycles. The largest absolute Gasteiger partial charge is 0.302 e. The Morgan fingerprint density at radius 2 is 1.35 bits per heavy atom. The summed E-state index contributed by atoms with van der Waals surface area (Å²) in [4.78, 5) is 4.98. The lowest BCUT2D eigenvalue weighted by molar-refractivity contribution is 0.181. The van der Waals surface area contributed by atoms with Gasteiger partial charge in [-0.3, -0.25) is 4.90 Å². The van der Waals surface area contributed by atoms with Gasteiger partial charge in [0.15, 0.2) is 0 Å². The molecule has 0 aliphatic carbocycles. The Balaban J connectivity index is 1.79. The molecule has 0 saturated carbocycles. The maximum atomic E-state index is 2.56. The Kier molecular flexibility index (Phi) is 7.31. The van der Waals surface area contributed by atoms with Crippen LogP contribution in [0.4, 0.5) is 0 Å². The van der Waals surface area contributed by atoms with Crippen LogP contribution in [0.1, 0.15) is 31.4 Å². The van der Waals surface area contributed by atoms with E-state index in [1.807, 2.05) is 0 Å². The van der Waals surface area contributed by atoms with E-state index in [2.05, 4.69) is 91.4 Å². The minimum Gasteiger partial charge on any atom is -0.302 e. The third-order valence-electron chi connectivity index (χ3n) is 4.48. The van der Waals surface area contributed by atoms with Crippen LogP contribution < -0.4 is 0 Å². The summed E-state index contributed by atoms with van der Waals surface area (Å²) in [5.74, 6) is 0. The van der Waals surface area contributed by atoms with Crippen LogP contribution in [-0.2, 0) is 13.1 Å². The van der Waals surface area contributed by atoms with E-state index in [0.717, 1.165) is 26.2 Å². The van der Waals surface area contributed by atoms with E-state index >= 15 is 0 Å². The first-order valence-electron chi connectivity index (χ1n) is 8.69. The highest BCUT2D eigenvalue weighted by atomic mass is 15.2. The molecule has 0 aliphatic rings.